The molecule has 2 aliphatic heterocycles. The molecule has 2 heterocycles. The van der Waals surface area contributed by atoms with Crippen LogP contribution in [0.5, 0.6) is 0 Å². The molecule has 5 atom stereocenters. The van der Waals surface area contributed by atoms with Gasteiger partial charge in [-0.2, -0.15) is 0 Å². The first kappa shape index (κ1) is 23.2. The summed E-state index contributed by atoms with van der Waals surface area (Å²) in [5.41, 5.74) is 1.09. The molecule has 2 fully saturated rings. The molecule has 0 radical (unpaired) electrons. The highest BCUT2D eigenvalue weighted by Crippen LogP contribution is 2.35. The molecule has 31 heavy (non-hydrogen) atoms. The van der Waals surface area contributed by atoms with Crippen LogP contribution in [0.4, 0.5) is 0 Å². The van der Waals surface area contributed by atoms with Crippen molar-refractivity contribution < 1.29 is 29.0 Å². The predicted octanol–water partition coefficient (Wildman–Crippen LogP) is 1.62. The molecule has 8 nitrogen and oxygen atoms in total. The molecule has 0 saturated carbocycles. The fourth-order valence-electron chi connectivity index (χ4n) is 4.61. The molecular formula is C23H32N2O6. The topological polar surface area (TPSA) is 105 Å². The van der Waals surface area contributed by atoms with Crippen LogP contribution in [-0.2, 0) is 30.3 Å². The van der Waals surface area contributed by atoms with Gasteiger partial charge in [0.05, 0.1) is 19.3 Å². The van der Waals surface area contributed by atoms with Gasteiger partial charge < -0.3 is 19.5 Å². The number of likely N-dealkylation sites (tertiary alicyclic amines) is 1. The van der Waals surface area contributed by atoms with E-state index in [4.69, 9.17) is 9.47 Å². The van der Waals surface area contributed by atoms with E-state index in [1.165, 1.54) is 4.90 Å². The molecule has 3 unspecified atom stereocenters. The lowest BCUT2D eigenvalue weighted by molar-refractivity contribution is -0.152. The Morgan fingerprint density at radius 1 is 1.29 bits per heavy atom. The highest BCUT2D eigenvalue weighted by atomic mass is 16.5. The highest BCUT2D eigenvalue weighted by Gasteiger charge is 2.49. The Kier molecular flexibility index (Phi) is 8.03. The van der Waals surface area contributed by atoms with Gasteiger partial charge >= 0.3 is 11.9 Å². The average molecular weight is 433 g/mol. The molecule has 2 aliphatic rings. The third-order valence-corrected chi connectivity index (χ3v) is 6.15. The molecule has 8 heteroatoms. The second-order valence-electron chi connectivity index (χ2n) is 8.24. The van der Waals surface area contributed by atoms with Crippen LogP contribution < -0.4 is 5.32 Å². The van der Waals surface area contributed by atoms with Gasteiger partial charge in [0, 0.05) is 18.6 Å². The Labute approximate surface area is 182 Å². The summed E-state index contributed by atoms with van der Waals surface area (Å²) in [4.78, 5) is 39.2. The first-order valence-electron chi connectivity index (χ1n) is 11.0. The summed E-state index contributed by atoms with van der Waals surface area (Å²) in [6.07, 6.45) is 2.15. The summed E-state index contributed by atoms with van der Waals surface area (Å²) in [5, 5.41) is 12.8. The van der Waals surface area contributed by atoms with Gasteiger partial charge in [0.25, 0.3) is 0 Å². The van der Waals surface area contributed by atoms with Crippen molar-refractivity contribution in [1.29, 1.82) is 0 Å². The SMILES string of the molecule is CCOC(=O)C(CCc1ccccc1)N[C@@H](C)C(=O)N1C2CCOCC2C[C@H]1C(=O)O. The summed E-state index contributed by atoms with van der Waals surface area (Å²) < 4.78 is 10.7. The van der Waals surface area contributed by atoms with Crippen molar-refractivity contribution in [3.63, 3.8) is 0 Å². The lowest BCUT2D eigenvalue weighted by Crippen LogP contribution is -2.56. The van der Waals surface area contributed by atoms with Gasteiger partial charge in [-0.25, -0.2) is 4.79 Å². The number of hydrogen-bond acceptors (Lipinski definition) is 6. The van der Waals surface area contributed by atoms with Gasteiger partial charge in [-0.3, -0.25) is 14.9 Å². The van der Waals surface area contributed by atoms with E-state index in [0.717, 1.165) is 5.56 Å². The number of hydrogen-bond donors (Lipinski definition) is 2. The number of rotatable bonds is 9. The minimum Gasteiger partial charge on any atom is -0.480 e. The summed E-state index contributed by atoms with van der Waals surface area (Å²) >= 11 is 0. The second kappa shape index (κ2) is 10.7. The van der Waals surface area contributed by atoms with Crippen molar-refractivity contribution in [2.75, 3.05) is 19.8 Å². The molecular weight excluding hydrogens is 400 g/mol. The van der Waals surface area contributed by atoms with Crippen molar-refractivity contribution >= 4 is 17.8 Å². The van der Waals surface area contributed by atoms with Crippen molar-refractivity contribution in [3.05, 3.63) is 35.9 Å². The summed E-state index contributed by atoms with van der Waals surface area (Å²) in [6.45, 7) is 4.67. The van der Waals surface area contributed by atoms with Crippen LogP contribution in [0.15, 0.2) is 30.3 Å². The van der Waals surface area contributed by atoms with Crippen LogP contribution in [0, 0.1) is 5.92 Å². The monoisotopic (exact) mass is 432 g/mol. The predicted molar refractivity (Wildman–Crippen MR) is 113 cm³/mol. The fourth-order valence-corrected chi connectivity index (χ4v) is 4.61. The Morgan fingerprint density at radius 2 is 2.03 bits per heavy atom. The van der Waals surface area contributed by atoms with Crippen molar-refractivity contribution in [3.8, 4) is 0 Å². The van der Waals surface area contributed by atoms with Gasteiger partial charge in [0.1, 0.15) is 12.1 Å². The first-order valence-corrected chi connectivity index (χ1v) is 11.0. The van der Waals surface area contributed by atoms with Gasteiger partial charge in [-0.1, -0.05) is 30.3 Å². The number of nitrogens with one attached hydrogen (secondary N) is 1. The normalized spacial score (nSPS) is 24.8. The van der Waals surface area contributed by atoms with E-state index in [0.29, 0.717) is 38.9 Å². The van der Waals surface area contributed by atoms with E-state index in [-0.39, 0.29) is 24.5 Å². The van der Waals surface area contributed by atoms with E-state index >= 15 is 0 Å². The van der Waals surface area contributed by atoms with Crippen LogP contribution in [0.1, 0.15) is 38.7 Å². The first-order chi connectivity index (χ1) is 14.9. The summed E-state index contributed by atoms with van der Waals surface area (Å²) in [5.74, 6) is -1.67. The Bertz CT molecular complexity index is 771. The number of carboxylic acid groups (broad SMARTS) is 1. The van der Waals surface area contributed by atoms with Crippen LogP contribution in [0.2, 0.25) is 0 Å². The van der Waals surface area contributed by atoms with E-state index in [1.54, 1.807) is 13.8 Å². The number of aryl methyl sites for hydroxylation is 1. The maximum Gasteiger partial charge on any atom is 0.326 e. The quantitative estimate of drug-likeness (QED) is 0.571. The Morgan fingerprint density at radius 3 is 2.71 bits per heavy atom. The number of benzene rings is 1. The number of carboxylic acids is 1. The van der Waals surface area contributed by atoms with Crippen molar-refractivity contribution in [2.45, 2.75) is 63.7 Å². The molecule has 1 amide bonds. The zero-order valence-electron chi connectivity index (χ0n) is 18.2. The molecule has 0 bridgehead atoms. The second-order valence-corrected chi connectivity index (χ2v) is 8.24. The molecule has 2 N–H and O–H groups in total. The van der Waals surface area contributed by atoms with E-state index in [9.17, 15) is 19.5 Å². The van der Waals surface area contributed by atoms with E-state index in [2.05, 4.69) is 5.32 Å². The molecule has 1 aromatic carbocycles. The molecule has 3 rings (SSSR count). The van der Waals surface area contributed by atoms with E-state index < -0.39 is 30.1 Å². The van der Waals surface area contributed by atoms with Gasteiger partial charge in [0.15, 0.2) is 0 Å². The zero-order chi connectivity index (χ0) is 22.4. The molecule has 0 aliphatic carbocycles. The lowest BCUT2D eigenvalue weighted by Gasteiger charge is -2.35. The van der Waals surface area contributed by atoms with Crippen LogP contribution >= 0.6 is 0 Å². The maximum absolute atomic E-state index is 13.3. The highest BCUT2D eigenvalue weighted by molar-refractivity contribution is 5.88. The summed E-state index contributed by atoms with van der Waals surface area (Å²) in [6, 6.07) is 7.42. The third-order valence-electron chi connectivity index (χ3n) is 6.15. The number of fused-ring (bicyclic) bond motifs is 1. The smallest absolute Gasteiger partial charge is 0.326 e. The average Bonchev–Trinajstić information content (AvgIpc) is 3.16. The van der Waals surface area contributed by atoms with Crippen LogP contribution in [0.25, 0.3) is 0 Å². The summed E-state index contributed by atoms with van der Waals surface area (Å²) in [7, 11) is 0. The van der Waals surface area contributed by atoms with Crippen molar-refractivity contribution in [2.24, 2.45) is 5.92 Å². The van der Waals surface area contributed by atoms with Crippen LogP contribution in [-0.4, -0.2) is 71.8 Å². The number of nitrogens with zero attached hydrogens (tertiary/aromatic N) is 1. The number of ether oxygens (including phenoxy) is 2. The van der Waals surface area contributed by atoms with Gasteiger partial charge in [-0.05, 0) is 45.1 Å². The minimum atomic E-state index is -0.999. The number of amides is 1. The van der Waals surface area contributed by atoms with Crippen molar-refractivity contribution in [1.82, 2.24) is 10.2 Å². The number of esters is 1. The standard InChI is InChI=1S/C23H32N2O6/c1-3-31-23(29)18(10-9-16-7-5-4-6-8-16)24-15(2)21(26)25-19-11-12-30-14-17(19)13-20(25)22(27)28/h4-8,15,17-20,24H,3,9-14H2,1-2H3,(H,27,28)/t15-,17?,18?,19?,20-/m0/s1. The lowest BCUT2D eigenvalue weighted by atomic mass is 9.96. The molecule has 0 spiro atoms. The fraction of sp³-hybridized carbons (Fsp3) is 0.609. The Balaban J connectivity index is 1.70. The van der Waals surface area contributed by atoms with E-state index in [1.807, 2.05) is 30.3 Å². The molecule has 2 saturated heterocycles. The third kappa shape index (κ3) is 5.62. The van der Waals surface area contributed by atoms with Gasteiger partial charge in [-0.15, -0.1) is 0 Å². The number of carbonyl (C=O) groups is 3. The molecule has 170 valence electrons. The number of carbonyl (C=O) groups excluding carboxylic acids is 2. The maximum atomic E-state index is 13.3. The minimum absolute atomic E-state index is 0.0323. The van der Waals surface area contributed by atoms with Gasteiger partial charge in [0.2, 0.25) is 5.91 Å². The Hall–Kier alpha value is -2.45. The molecule has 1 aromatic rings. The molecule has 0 aromatic heterocycles. The largest absolute Gasteiger partial charge is 0.480 e. The van der Waals surface area contributed by atoms with Crippen LogP contribution in [0.3, 0.4) is 0 Å². The zero-order valence-corrected chi connectivity index (χ0v) is 18.2. The number of aliphatic carboxylic acids is 1.